The van der Waals surface area contributed by atoms with Gasteiger partial charge in [-0.1, -0.05) is 36.8 Å². The molecule has 3 N–H and O–H groups in total. The van der Waals surface area contributed by atoms with Crippen LogP contribution in [0.5, 0.6) is 0 Å². The second-order valence-corrected chi connectivity index (χ2v) is 7.84. The van der Waals surface area contributed by atoms with Gasteiger partial charge < -0.3 is 16.0 Å². The predicted molar refractivity (Wildman–Crippen MR) is 115 cm³/mol. The molecule has 31 heavy (non-hydrogen) atoms. The van der Waals surface area contributed by atoms with Crippen LogP contribution in [0.2, 0.25) is 0 Å². The first-order chi connectivity index (χ1) is 15.0. The van der Waals surface area contributed by atoms with Crippen molar-refractivity contribution in [1.29, 1.82) is 0 Å². The lowest BCUT2D eigenvalue weighted by molar-refractivity contribution is -0.126. The number of carbonyl (C=O) groups is 4. The Morgan fingerprint density at radius 2 is 1.58 bits per heavy atom. The zero-order valence-electron chi connectivity index (χ0n) is 17.0. The molecular formula is C23H24N4O4. The standard InChI is InChI=1S/C23H24N4O4/c28-19(11-14-27-20(29)15-24-22(27)31)25-17-7-9-18(10-8-17)26-21(30)23(12-4-13-23)16-5-2-1-3-6-16/h1-3,5-10H,4,11-15H2,(H,24,31)(H,25,28)(H,26,30). The Kier molecular flexibility index (Phi) is 5.70. The highest BCUT2D eigenvalue weighted by Crippen LogP contribution is 2.44. The van der Waals surface area contributed by atoms with E-state index in [-0.39, 0.29) is 37.2 Å². The topological polar surface area (TPSA) is 108 Å². The van der Waals surface area contributed by atoms with E-state index in [1.165, 1.54) is 0 Å². The van der Waals surface area contributed by atoms with Crippen molar-refractivity contribution in [2.75, 3.05) is 23.7 Å². The lowest BCUT2D eigenvalue weighted by Crippen LogP contribution is -2.45. The molecule has 1 saturated carbocycles. The number of anilines is 2. The minimum atomic E-state index is -0.479. The van der Waals surface area contributed by atoms with Crippen LogP contribution >= 0.6 is 0 Å². The molecule has 4 rings (SSSR count). The first kappa shape index (κ1) is 20.6. The van der Waals surface area contributed by atoms with E-state index < -0.39 is 11.4 Å². The Bertz CT molecular complexity index is 984. The molecule has 5 amide bonds. The van der Waals surface area contributed by atoms with Crippen LogP contribution in [0.25, 0.3) is 0 Å². The highest BCUT2D eigenvalue weighted by Gasteiger charge is 2.45. The van der Waals surface area contributed by atoms with Gasteiger partial charge in [0.2, 0.25) is 17.7 Å². The summed E-state index contributed by atoms with van der Waals surface area (Å²) in [6.45, 7) is 0.00536. The molecule has 160 valence electrons. The van der Waals surface area contributed by atoms with Crippen LogP contribution in [-0.2, 0) is 19.8 Å². The summed E-state index contributed by atoms with van der Waals surface area (Å²) in [5.74, 6) is -0.658. The summed E-state index contributed by atoms with van der Waals surface area (Å²) in [4.78, 5) is 49.2. The maximum Gasteiger partial charge on any atom is 0.324 e. The lowest BCUT2D eigenvalue weighted by Gasteiger charge is -2.40. The summed E-state index contributed by atoms with van der Waals surface area (Å²) in [6.07, 6.45) is 2.69. The van der Waals surface area contributed by atoms with Crippen LogP contribution in [0.4, 0.5) is 16.2 Å². The predicted octanol–water partition coefficient (Wildman–Crippen LogP) is 2.63. The molecular weight excluding hydrogens is 396 g/mol. The lowest BCUT2D eigenvalue weighted by atomic mass is 9.64. The average molecular weight is 420 g/mol. The van der Waals surface area contributed by atoms with Crippen molar-refractivity contribution in [3.05, 3.63) is 60.2 Å². The fourth-order valence-electron chi connectivity index (χ4n) is 3.94. The number of nitrogens with one attached hydrogen (secondary N) is 3. The number of imide groups is 1. The fraction of sp³-hybridized carbons (Fsp3) is 0.304. The molecule has 0 aromatic heterocycles. The van der Waals surface area contributed by atoms with E-state index in [2.05, 4.69) is 16.0 Å². The zero-order valence-corrected chi connectivity index (χ0v) is 17.0. The van der Waals surface area contributed by atoms with Crippen molar-refractivity contribution in [1.82, 2.24) is 10.2 Å². The Morgan fingerprint density at radius 1 is 0.935 bits per heavy atom. The van der Waals surface area contributed by atoms with Gasteiger partial charge in [-0.25, -0.2) is 4.79 Å². The number of rotatable bonds is 7. The molecule has 1 saturated heterocycles. The SMILES string of the molecule is O=C(CCN1C(=O)CNC1=O)Nc1ccc(NC(=O)C2(c3ccccc3)CCC2)cc1. The zero-order chi connectivity index (χ0) is 21.8. The summed E-state index contributed by atoms with van der Waals surface area (Å²) >= 11 is 0. The van der Waals surface area contributed by atoms with Gasteiger partial charge >= 0.3 is 6.03 Å². The molecule has 0 atom stereocenters. The normalized spacial score (nSPS) is 17.0. The van der Waals surface area contributed by atoms with E-state index in [0.29, 0.717) is 11.4 Å². The third-order valence-corrected chi connectivity index (χ3v) is 5.89. The average Bonchev–Trinajstić information content (AvgIpc) is 3.05. The monoisotopic (exact) mass is 420 g/mol. The summed E-state index contributed by atoms with van der Waals surface area (Å²) in [7, 11) is 0. The van der Waals surface area contributed by atoms with E-state index in [1.54, 1.807) is 24.3 Å². The molecule has 0 radical (unpaired) electrons. The van der Waals surface area contributed by atoms with Gasteiger partial charge in [0, 0.05) is 24.3 Å². The number of carbonyl (C=O) groups excluding carboxylic acids is 4. The van der Waals surface area contributed by atoms with Crippen molar-refractivity contribution in [3.8, 4) is 0 Å². The van der Waals surface area contributed by atoms with Gasteiger partial charge in [0.25, 0.3) is 0 Å². The van der Waals surface area contributed by atoms with Crippen LogP contribution in [0.1, 0.15) is 31.2 Å². The van der Waals surface area contributed by atoms with Gasteiger partial charge in [-0.3, -0.25) is 19.3 Å². The van der Waals surface area contributed by atoms with Crippen molar-refractivity contribution >= 4 is 35.1 Å². The minimum absolute atomic E-state index is 0.0112. The third kappa shape index (κ3) is 4.28. The molecule has 0 spiro atoms. The van der Waals surface area contributed by atoms with Gasteiger partial charge in [-0.2, -0.15) is 0 Å². The quantitative estimate of drug-likeness (QED) is 0.599. The van der Waals surface area contributed by atoms with Crippen molar-refractivity contribution in [2.45, 2.75) is 31.1 Å². The second kappa shape index (κ2) is 8.59. The third-order valence-electron chi connectivity index (χ3n) is 5.89. The van der Waals surface area contributed by atoms with Crippen LogP contribution in [0.3, 0.4) is 0 Å². The van der Waals surface area contributed by atoms with E-state index in [4.69, 9.17) is 0 Å². The van der Waals surface area contributed by atoms with Crippen LogP contribution in [-0.4, -0.2) is 41.7 Å². The molecule has 1 heterocycles. The maximum atomic E-state index is 13.0. The minimum Gasteiger partial charge on any atom is -0.329 e. The second-order valence-electron chi connectivity index (χ2n) is 7.84. The highest BCUT2D eigenvalue weighted by molar-refractivity contribution is 6.02. The van der Waals surface area contributed by atoms with Gasteiger partial charge in [-0.15, -0.1) is 0 Å². The molecule has 2 aromatic carbocycles. The first-order valence-corrected chi connectivity index (χ1v) is 10.3. The fourth-order valence-corrected chi connectivity index (χ4v) is 3.94. The number of hydrogen-bond acceptors (Lipinski definition) is 4. The Balaban J connectivity index is 1.32. The van der Waals surface area contributed by atoms with Crippen molar-refractivity contribution in [2.24, 2.45) is 0 Å². The number of urea groups is 1. The van der Waals surface area contributed by atoms with Crippen LogP contribution < -0.4 is 16.0 Å². The molecule has 2 fully saturated rings. The summed E-state index contributed by atoms with van der Waals surface area (Å²) in [5, 5.41) is 8.14. The number of benzene rings is 2. The molecule has 0 bridgehead atoms. The van der Waals surface area contributed by atoms with Gasteiger partial charge in [0.15, 0.2) is 0 Å². The summed E-state index contributed by atoms with van der Waals surface area (Å²) in [5.41, 5.74) is 1.78. The molecule has 1 aliphatic carbocycles. The van der Waals surface area contributed by atoms with Crippen molar-refractivity contribution in [3.63, 3.8) is 0 Å². The number of nitrogens with zero attached hydrogens (tertiary/aromatic N) is 1. The van der Waals surface area contributed by atoms with E-state index in [0.717, 1.165) is 29.7 Å². The molecule has 2 aliphatic rings. The Morgan fingerprint density at radius 3 is 2.13 bits per heavy atom. The largest absolute Gasteiger partial charge is 0.329 e. The first-order valence-electron chi connectivity index (χ1n) is 10.3. The molecule has 8 heteroatoms. The van der Waals surface area contributed by atoms with E-state index in [9.17, 15) is 19.2 Å². The van der Waals surface area contributed by atoms with E-state index in [1.807, 2.05) is 30.3 Å². The highest BCUT2D eigenvalue weighted by atomic mass is 16.2. The van der Waals surface area contributed by atoms with Crippen molar-refractivity contribution < 1.29 is 19.2 Å². The number of amides is 5. The number of hydrogen-bond donors (Lipinski definition) is 3. The molecule has 2 aromatic rings. The summed E-state index contributed by atoms with van der Waals surface area (Å²) in [6, 6.07) is 16.3. The molecule has 1 aliphatic heterocycles. The smallest absolute Gasteiger partial charge is 0.324 e. The van der Waals surface area contributed by atoms with Gasteiger partial charge in [-0.05, 0) is 42.7 Å². The summed E-state index contributed by atoms with van der Waals surface area (Å²) < 4.78 is 0. The molecule has 0 unspecified atom stereocenters. The van der Waals surface area contributed by atoms with E-state index >= 15 is 0 Å². The van der Waals surface area contributed by atoms with Gasteiger partial charge in [0.1, 0.15) is 0 Å². The van der Waals surface area contributed by atoms with Crippen LogP contribution in [0.15, 0.2) is 54.6 Å². The van der Waals surface area contributed by atoms with Crippen LogP contribution in [0, 0.1) is 0 Å². The molecule has 8 nitrogen and oxygen atoms in total. The Labute approximate surface area is 180 Å². The Hall–Kier alpha value is -3.68. The van der Waals surface area contributed by atoms with Gasteiger partial charge in [0.05, 0.1) is 12.0 Å². The maximum absolute atomic E-state index is 13.0.